The molecule has 0 spiro atoms. The molecular weight excluding hydrogens is 1060 g/mol. The molecule has 0 heterocycles. The second-order valence-corrected chi connectivity index (χ2v) is 31.0. The van der Waals surface area contributed by atoms with Crippen LogP contribution in [0.1, 0.15) is 96.3 Å². The molecule has 0 rings (SSSR count). The zero-order chi connectivity index (χ0) is 57.2. The van der Waals surface area contributed by atoms with Gasteiger partial charge in [0.2, 0.25) is 0 Å². The van der Waals surface area contributed by atoms with E-state index in [-0.39, 0.29) is 13.2 Å². The number of rotatable bonds is 57. The average molecular weight is 1180 g/mol. The average Bonchev–Trinajstić information content (AvgIpc) is 3.44. The van der Waals surface area contributed by atoms with Gasteiger partial charge in [0, 0.05) is 156 Å². The number of nitrogens with one attached hydrogen (secondary N) is 1. The highest BCUT2D eigenvalue weighted by atomic mass is 28.4. The first-order valence-corrected chi connectivity index (χ1v) is 35.2. The van der Waals surface area contributed by atoms with Crippen molar-refractivity contribution in [1.29, 1.82) is 0 Å². The molecule has 7 N–H and O–H groups in total. The molecular formula is C49H113N3O20Si4. The second kappa shape index (κ2) is 51.8. The molecule has 0 aromatic carbocycles. The Morgan fingerprint density at radius 1 is 0.368 bits per heavy atom. The fourth-order valence-electron chi connectivity index (χ4n) is 8.21. The Morgan fingerprint density at radius 2 is 0.671 bits per heavy atom. The molecule has 27 heteroatoms. The van der Waals surface area contributed by atoms with Crippen LogP contribution in [0.4, 0.5) is 0 Å². The Bertz CT molecular complexity index is 1110. The van der Waals surface area contributed by atoms with E-state index >= 15 is 0 Å². The first kappa shape index (κ1) is 78.0. The lowest BCUT2D eigenvalue weighted by atomic mass is 10.1. The highest BCUT2D eigenvalue weighted by molar-refractivity contribution is 6.61. The molecule has 0 aliphatic carbocycles. The molecule has 23 nitrogen and oxygen atoms in total. The van der Waals surface area contributed by atoms with Gasteiger partial charge in [0.15, 0.2) is 0 Å². The quantitative estimate of drug-likeness (QED) is 0.0374. The number of hydrogen-bond donors (Lipinski definition) is 6. The molecule has 0 aromatic heterocycles. The number of hydrogen-bond acceptors (Lipinski definition) is 23. The van der Waals surface area contributed by atoms with Gasteiger partial charge in [-0.1, -0.05) is 44.9 Å². The SMILES string of the molecule is CO[Si](CCCOCC(O)CCCCCCCCNCC(O)COCCC[Si](OC)(OC)OC)(OC)OC.CO[Si](CCCOCC(O)CN(CCCCCCN)CC(O)COCCC[Si](OC)(OC)OC)(OC)OC. The van der Waals surface area contributed by atoms with Gasteiger partial charge in [-0.3, -0.25) is 4.90 Å². The van der Waals surface area contributed by atoms with E-state index in [1.54, 1.807) is 85.3 Å². The van der Waals surface area contributed by atoms with E-state index in [1.165, 1.54) is 12.8 Å². The topological polar surface area (TPSA) is 270 Å². The van der Waals surface area contributed by atoms with Gasteiger partial charge in [-0.15, -0.1) is 0 Å². The highest BCUT2D eigenvalue weighted by Gasteiger charge is 2.39. The maximum atomic E-state index is 10.6. The van der Waals surface area contributed by atoms with Crippen molar-refractivity contribution in [3.05, 3.63) is 0 Å². The first-order chi connectivity index (χ1) is 36.6. The Balaban J connectivity index is 0. The summed E-state index contributed by atoms with van der Waals surface area (Å²) in [5, 5.41) is 44.6. The Labute approximate surface area is 464 Å². The van der Waals surface area contributed by atoms with Gasteiger partial charge in [-0.2, -0.15) is 0 Å². The molecule has 76 heavy (non-hydrogen) atoms. The molecule has 0 aliphatic heterocycles. The minimum absolute atomic E-state index is 0.210. The van der Waals surface area contributed by atoms with E-state index < -0.39 is 59.6 Å². The molecule has 0 amide bonds. The summed E-state index contributed by atoms with van der Waals surface area (Å²) in [7, 11) is 8.85. The number of aliphatic hydroxyl groups is 4. The van der Waals surface area contributed by atoms with E-state index in [1.807, 2.05) is 0 Å². The summed E-state index contributed by atoms with van der Waals surface area (Å²) in [5.41, 5.74) is 5.59. The lowest BCUT2D eigenvalue weighted by Gasteiger charge is -2.27. The van der Waals surface area contributed by atoms with Gasteiger partial charge < -0.3 is 104 Å². The van der Waals surface area contributed by atoms with Crippen LogP contribution >= 0.6 is 0 Å². The van der Waals surface area contributed by atoms with Crippen molar-refractivity contribution in [3.63, 3.8) is 0 Å². The van der Waals surface area contributed by atoms with E-state index in [0.717, 1.165) is 83.7 Å². The third-order valence-corrected chi connectivity index (χ3v) is 24.3. The molecule has 0 radical (unpaired) electrons. The molecule has 0 saturated heterocycles. The Hall–Kier alpha value is -0.0525. The van der Waals surface area contributed by atoms with Crippen molar-refractivity contribution >= 4 is 35.2 Å². The van der Waals surface area contributed by atoms with Crippen LogP contribution in [0.2, 0.25) is 24.2 Å². The fraction of sp³-hybridized carbons (Fsp3) is 1.00. The van der Waals surface area contributed by atoms with Crippen LogP contribution in [0.5, 0.6) is 0 Å². The van der Waals surface area contributed by atoms with Gasteiger partial charge >= 0.3 is 35.2 Å². The van der Waals surface area contributed by atoms with Crippen LogP contribution in [0, 0.1) is 0 Å². The molecule has 0 aromatic rings. The number of nitrogens with zero attached hydrogens (tertiary/aromatic N) is 1. The summed E-state index contributed by atoms with van der Waals surface area (Å²) in [6, 6.07) is 2.65. The lowest BCUT2D eigenvalue weighted by molar-refractivity contribution is -0.0110. The van der Waals surface area contributed by atoms with Crippen molar-refractivity contribution < 1.29 is 92.5 Å². The van der Waals surface area contributed by atoms with E-state index in [4.69, 9.17) is 77.8 Å². The van der Waals surface area contributed by atoms with Crippen molar-refractivity contribution in [1.82, 2.24) is 10.2 Å². The van der Waals surface area contributed by atoms with E-state index in [0.29, 0.717) is 103 Å². The minimum atomic E-state index is -2.61. The first-order valence-electron chi connectivity index (χ1n) is 27.4. The summed E-state index contributed by atoms with van der Waals surface area (Å²) >= 11 is 0. The normalized spacial score (nSPS) is 14.3. The highest BCUT2D eigenvalue weighted by Crippen LogP contribution is 2.19. The standard InChI is InChI=1S/C25H57NO10Si2.C24H56N2O10Si2/c1-29-37(30-2,31-3)19-13-17-35-22-24(27)15-11-9-7-8-10-12-16-26-21-25(28)23-36-18-14-20-38(32-4,33-5)34-6;1-29-37(30-2,31-3)17-11-15-35-21-23(27)19-26(14-10-8-7-9-13-25)20-24(28)22-36-16-12-18-38(32-4,33-5)34-6/h24-28H,7-23H2,1-6H3;23-24,27-28H,7-22,25H2,1-6H3. The van der Waals surface area contributed by atoms with Gasteiger partial charge in [0.05, 0.1) is 50.8 Å². The van der Waals surface area contributed by atoms with Crippen molar-refractivity contribution in [2.45, 2.75) is 145 Å². The van der Waals surface area contributed by atoms with Crippen LogP contribution in [-0.4, -0.2) is 262 Å². The molecule has 460 valence electrons. The maximum absolute atomic E-state index is 10.6. The summed E-state index contributed by atoms with van der Waals surface area (Å²) in [4.78, 5) is 2.07. The largest absolute Gasteiger partial charge is 0.500 e. The number of aliphatic hydroxyl groups excluding tert-OH is 4. The van der Waals surface area contributed by atoms with Gasteiger partial charge in [-0.05, 0) is 71.0 Å². The maximum Gasteiger partial charge on any atom is 0.500 e. The molecule has 0 aliphatic rings. The molecule has 4 atom stereocenters. The number of nitrogens with two attached hydrogens (primary N) is 1. The summed E-state index contributed by atoms with van der Waals surface area (Å²) in [6.07, 6.45) is 12.3. The zero-order valence-electron chi connectivity index (χ0n) is 49.5. The Morgan fingerprint density at radius 3 is 1.03 bits per heavy atom. The van der Waals surface area contributed by atoms with Crippen LogP contribution in [0.3, 0.4) is 0 Å². The third-order valence-electron chi connectivity index (χ3n) is 12.9. The van der Waals surface area contributed by atoms with Crippen LogP contribution in [-0.2, 0) is 72.1 Å². The molecule has 0 bridgehead atoms. The van der Waals surface area contributed by atoms with Gasteiger partial charge in [0.25, 0.3) is 0 Å². The van der Waals surface area contributed by atoms with Crippen molar-refractivity contribution in [2.24, 2.45) is 5.73 Å². The third kappa shape index (κ3) is 39.4. The summed E-state index contributed by atoms with van der Waals surface area (Å²) < 4.78 is 87.3. The fourth-order valence-corrected chi connectivity index (χ4v) is 15.0. The van der Waals surface area contributed by atoms with Crippen LogP contribution in [0.25, 0.3) is 0 Å². The van der Waals surface area contributed by atoms with Gasteiger partial charge in [-0.25, -0.2) is 0 Å². The second-order valence-electron chi connectivity index (χ2n) is 18.6. The minimum Gasteiger partial charge on any atom is -0.391 e. The molecule has 4 unspecified atom stereocenters. The lowest BCUT2D eigenvalue weighted by Crippen LogP contribution is -2.43. The Kier molecular flexibility index (Phi) is 53.2. The smallest absolute Gasteiger partial charge is 0.391 e. The molecule has 0 saturated carbocycles. The van der Waals surface area contributed by atoms with Crippen LogP contribution < -0.4 is 11.1 Å². The molecule has 0 fully saturated rings. The van der Waals surface area contributed by atoms with Crippen molar-refractivity contribution in [2.75, 3.05) is 177 Å². The predicted octanol–water partition coefficient (Wildman–Crippen LogP) is 3.70. The van der Waals surface area contributed by atoms with Gasteiger partial charge in [0.1, 0.15) is 0 Å². The monoisotopic (exact) mass is 1180 g/mol. The van der Waals surface area contributed by atoms with E-state index in [9.17, 15) is 20.4 Å². The van der Waals surface area contributed by atoms with E-state index in [2.05, 4.69) is 10.2 Å². The van der Waals surface area contributed by atoms with Crippen molar-refractivity contribution in [3.8, 4) is 0 Å². The predicted molar refractivity (Wildman–Crippen MR) is 301 cm³/mol. The van der Waals surface area contributed by atoms with Crippen LogP contribution in [0.15, 0.2) is 0 Å². The summed E-state index contributed by atoms with van der Waals surface area (Å²) in [5.74, 6) is 0. The summed E-state index contributed by atoms with van der Waals surface area (Å²) in [6.45, 7) is 6.82. The number of ether oxygens (including phenoxy) is 4. The number of unbranched alkanes of at least 4 members (excludes halogenated alkanes) is 8. The zero-order valence-corrected chi connectivity index (χ0v) is 53.5.